The van der Waals surface area contributed by atoms with Crippen molar-refractivity contribution in [1.29, 1.82) is 0 Å². The first-order valence-corrected chi connectivity index (χ1v) is 8.53. The van der Waals surface area contributed by atoms with Gasteiger partial charge in [-0.1, -0.05) is 48.8 Å². The average molecular weight is 380 g/mol. The number of esters is 1. The molecule has 1 aliphatic heterocycles. The largest absolute Gasteiger partial charge is 0.434 e. The highest BCUT2D eigenvalue weighted by molar-refractivity contribution is 14.1. The number of halogens is 1. The number of hydrogen-bond donors (Lipinski definition) is 0. The third kappa shape index (κ3) is 3.26. The van der Waals surface area contributed by atoms with Crippen LogP contribution in [0.3, 0.4) is 0 Å². The Balaban J connectivity index is 2.07. The summed E-state index contributed by atoms with van der Waals surface area (Å²) in [5.41, 5.74) is 0.0911. The fraction of sp³-hybridized carbons (Fsp3) is 0.933. The van der Waals surface area contributed by atoms with Crippen LogP contribution in [0.2, 0.25) is 0 Å². The summed E-state index contributed by atoms with van der Waals surface area (Å²) in [5, 5.41) is 0. The Bertz CT molecular complexity index is 334. The van der Waals surface area contributed by atoms with Gasteiger partial charge in [0.05, 0.1) is 6.10 Å². The lowest BCUT2D eigenvalue weighted by atomic mass is 9.71. The molecule has 3 unspecified atom stereocenters. The zero-order valence-corrected chi connectivity index (χ0v) is 14.4. The predicted molar refractivity (Wildman–Crippen MR) is 83.3 cm³/mol. The summed E-state index contributed by atoms with van der Waals surface area (Å²) < 4.78 is 11.2. The molecule has 0 amide bonds. The fourth-order valence-corrected chi connectivity index (χ4v) is 3.41. The van der Waals surface area contributed by atoms with E-state index in [1.165, 1.54) is 19.3 Å². The standard InChI is InChI=1S/C15H25IO3/c1-4-14(3,16)12(17)19-13-15(10-11(2)18-13)8-6-5-7-9-15/h11,13H,4-10H2,1-3H3. The van der Waals surface area contributed by atoms with Gasteiger partial charge < -0.3 is 9.47 Å². The van der Waals surface area contributed by atoms with Gasteiger partial charge in [0.1, 0.15) is 3.42 Å². The predicted octanol–water partition coefficient (Wildman–Crippen LogP) is 4.22. The van der Waals surface area contributed by atoms with E-state index >= 15 is 0 Å². The first-order chi connectivity index (χ1) is 8.89. The van der Waals surface area contributed by atoms with E-state index in [9.17, 15) is 4.79 Å². The van der Waals surface area contributed by atoms with Crippen LogP contribution in [0.25, 0.3) is 0 Å². The molecule has 0 aromatic carbocycles. The molecule has 19 heavy (non-hydrogen) atoms. The average Bonchev–Trinajstić information content (AvgIpc) is 2.66. The number of ether oxygens (including phenoxy) is 2. The molecule has 3 atom stereocenters. The fourth-order valence-electron chi connectivity index (χ4n) is 3.29. The molecule has 1 aliphatic carbocycles. The summed E-state index contributed by atoms with van der Waals surface area (Å²) in [7, 11) is 0. The van der Waals surface area contributed by atoms with Crippen molar-refractivity contribution < 1.29 is 14.3 Å². The van der Waals surface area contributed by atoms with E-state index in [1.54, 1.807) is 0 Å². The van der Waals surface area contributed by atoms with Crippen molar-refractivity contribution in [1.82, 2.24) is 0 Å². The minimum absolute atomic E-state index is 0.0911. The van der Waals surface area contributed by atoms with Gasteiger partial charge in [-0.2, -0.15) is 0 Å². The van der Waals surface area contributed by atoms with Crippen molar-refractivity contribution in [2.75, 3.05) is 0 Å². The summed E-state index contributed by atoms with van der Waals surface area (Å²) in [6.07, 6.45) is 7.75. The van der Waals surface area contributed by atoms with Gasteiger partial charge in [-0.25, -0.2) is 0 Å². The summed E-state index contributed by atoms with van der Waals surface area (Å²) in [5.74, 6) is -0.125. The van der Waals surface area contributed by atoms with Crippen LogP contribution in [0.1, 0.15) is 65.7 Å². The molecule has 0 bridgehead atoms. The maximum Gasteiger partial charge on any atom is 0.324 e. The Morgan fingerprint density at radius 2 is 2.05 bits per heavy atom. The lowest BCUT2D eigenvalue weighted by molar-refractivity contribution is -0.196. The summed E-state index contributed by atoms with van der Waals surface area (Å²) in [6, 6.07) is 0. The molecule has 0 radical (unpaired) electrons. The molecule has 0 aromatic heterocycles. The number of carbonyl (C=O) groups excluding carboxylic acids is 1. The van der Waals surface area contributed by atoms with Crippen LogP contribution in [-0.2, 0) is 14.3 Å². The van der Waals surface area contributed by atoms with Gasteiger partial charge >= 0.3 is 5.97 Å². The van der Waals surface area contributed by atoms with Crippen molar-refractivity contribution in [3.05, 3.63) is 0 Å². The molecule has 4 heteroatoms. The molecule has 2 aliphatic rings. The molecule has 2 fully saturated rings. The van der Waals surface area contributed by atoms with E-state index in [2.05, 4.69) is 29.5 Å². The summed E-state index contributed by atoms with van der Waals surface area (Å²) in [4.78, 5) is 12.3. The zero-order chi connectivity index (χ0) is 14.1. The molecule has 110 valence electrons. The van der Waals surface area contributed by atoms with Gasteiger partial charge in [0.2, 0.25) is 6.29 Å². The third-order valence-corrected chi connectivity index (χ3v) is 5.91. The molecular weight excluding hydrogens is 355 g/mol. The second-order valence-electron chi connectivity index (χ2n) is 6.36. The van der Waals surface area contributed by atoms with Crippen LogP contribution in [0, 0.1) is 5.41 Å². The Morgan fingerprint density at radius 3 is 2.63 bits per heavy atom. The van der Waals surface area contributed by atoms with Gasteiger partial charge in [0.15, 0.2) is 0 Å². The van der Waals surface area contributed by atoms with Crippen LogP contribution in [0.15, 0.2) is 0 Å². The van der Waals surface area contributed by atoms with Crippen LogP contribution >= 0.6 is 22.6 Å². The Labute approximate surface area is 129 Å². The van der Waals surface area contributed by atoms with Crippen LogP contribution < -0.4 is 0 Å². The van der Waals surface area contributed by atoms with Gasteiger partial charge in [-0.05, 0) is 39.5 Å². The molecule has 0 aromatic rings. The van der Waals surface area contributed by atoms with Gasteiger partial charge in [0.25, 0.3) is 0 Å². The van der Waals surface area contributed by atoms with Crippen LogP contribution in [0.5, 0.6) is 0 Å². The molecule has 1 saturated heterocycles. The van der Waals surface area contributed by atoms with E-state index in [-0.39, 0.29) is 23.8 Å². The second kappa shape index (κ2) is 5.88. The number of hydrogen-bond acceptors (Lipinski definition) is 3. The Kier molecular flexibility index (Phi) is 4.81. The molecule has 1 saturated carbocycles. The van der Waals surface area contributed by atoms with E-state index in [4.69, 9.17) is 9.47 Å². The highest BCUT2D eigenvalue weighted by Gasteiger charge is 2.50. The number of rotatable bonds is 3. The van der Waals surface area contributed by atoms with Crippen LogP contribution in [-0.4, -0.2) is 21.8 Å². The van der Waals surface area contributed by atoms with Crippen LogP contribution in [0.4, 0.5) is 0 Å². The Hall–Kier alpha value is 0.160. The maximum atomic E-state index is 12.3. The van der Waals surface area contributed by atoms with E-state index < -0.39 is 3.42 Å². The number of alkyl halides is 1. The molecule has 3 nitrogen and oxygen atoms in total. The highest BCUT2D eigenvalue weighted by Crippen LogP contribution is 2.50. The van der Waals surface area contributed by atoms with Crippen molar-refractivity contribution >= 4 is 28.6 Å². The van der Waals surface area contributed by atoms with E-state index in [1.807, 2.05) is 13.8 Å². The van der Waals surface area contributed by atoms with Gasteiger partial charge in [0, 0.05) is 5.41 Å². The number of carbonyl (C=O) groups is 1. The normalized spacial score (nSPS) is 33.1. The minimum atomic E-state index is -0.442. The quantitative estimate of drug-likeness (QED) is 0.418. The highest BCUT2D eigenvalue weighted by atomic mass is 127. The van der Waals surface area contributed by atoms with Gasteiger partial charge in [-0.3, -0.25) is 4.79 Å². The van der Waals surface area contributed by atoms with E-state index in [0.29, 0.717) is 0 Å². The third-order valence-electron chi connectivity index (χ3n) is 4.70. The van der Waals surface area contributed by atoms with Crippen molar-refractivity contribution in [2.24, 2.45) is 5.41 Å². The lowest BCUT2D eigenvalue weighted by Gasteiger charge is -2.37. The SMILES string of the molecule is CCC(C)(I)C(=O)OC1OC(C)CC12CCCCC2. The van der Waals surface area contributed by atoms with Crippen molar-refractivity contribution in [2.45, 2.75) is 81.5 Å². The topological polar surface area (TPSA) is 35.5 Å². The summed E-state index contributed by atoms with van der Waals surface area (Å²) in [6.45, 7) is 6.04. The lowest BCUT2D eigenvalue weighted by Crippen LogP contribution is -2.41. The van der Waals surface area contributed by atoms with Gasteiger partial charge in [-0.15, -0.1) is 0 Å². The smallest absolute Gasteiger partial charge is 0.324 e. The molecule has 1 heterocycles. The first kappa shape index (κ1) is 15.5. The summed E-state index contributed by atoms with van der Waals surface area (Å²) >= 11 is 2.19. The Morgan fingerprint density at radius 1 is 1.42 bits per heavy atom. The molecular formula is C15H25IO3. The molecule has 2 rings (SSSR count). The minimum Gasteiger partial charge on any atom is -0.434 e. The van der Waals surface area contributed by atoms with Crippen molar-refractivity contribution in [3.63, 3.8) is 0 Å². The monoisotopic (exact) mass is 380 g/mol. The maximum absolute atomic E-state index is 12.3. The van der Waals surface area contributed by atoms with E-state index in [0.717, 1.165) is 25.7 Å². The zero-order valence-electron chi connectivity index (χ0n) is 12.2. The molecule has 1 spiro atoms. The molecule has 0 N–H and O–H groups in total. The second-order valence-corrected chi connectivity index (χ2v) is 8.74. The first-order valence-electron chi connectivity index (χ1n) is 7.45. The van der Waals surface area contributed by atoms with Crippen molar-refractivity contribution in [3.8, 4) is 0 Å².